The summed E-state index contributed by atoms with van der Waals surface area (Å²) < 4.78 is 5.74. The average Bonchev–Trinajstić information content (AvgIpc) is 2.87. The predicted octanol–water partition coefficient (Wildman–Crippen LogP) is 8.69. The van der Waals surface area contributed by atoms with Crippen LogP contribution in [0.5, 0.6) is 0 Å². The molecule has 0 aromatic rings. The molecule has 0 aliphatic rings. The second-order valence-electron chi connectivity index (χ2n) is 10.7. The molecule has 0 radical (unpaired) electrons. The van der Waals surface area contributed by atoms with E-state index in [2.05, 4.69) is 25.7 Å². The molecule has 0 saturated carbocycles. The van der Waals surface area contributed by atoms with Gasteiger partial charge in [-0.1, -0.05) is 117 Å². The number of esters is 1. The van der Waals surface area contributed by atoms with Crippen molar-refractivity contribution in [3.8, 4) is 0 Å². The first kappa shape index (κ1) is 34.4. The number of unbranched alkanes of at least 4 members (excludes halogenated alkanes) is 14. The minimum absolute atomic E-state index is 0.0670. The van der Waals surface area contributed by atoms with Crippen LogP contribution in [0.4, 0.5) is 0 Å². The normalized spacial score (nSPS) is 12.4. The molecule has 0 amide bonds. The van der Waals surface area contributed by atoms with Crippen LogP contribution in [-0.2, 0) is 9.53 Å². The first-order valence-corrected chi connectivity index (χ1v) is 15.7. The maximum atomic E-state index is 12.7. The quantitative estimate of drug-likeness (QED) is 0.0867. The van der Waals surface area contributed by atoms with Crippen LogP contribution in [0, 0.1) is 5.92 Å². The average molecular weight is 498 g/mol. The van der Waals surface area contributed by atoms with Crippen LogP contribution in [0.25, 0.3) is 0 Å². The van der Waals surface area contributed by atoms with Gasteiger partial charge in [0.2, 0.25) is 0 Å². The van der Waals surface area contributed by atoms with Crippen molar-refractivity contribution in [2.75, 3.05) is 32.8 Å². The molecule has 4 nitrogen and oxygen atoms in total. The fourth-order valence-corrected chi connectivity index (χ4v) is 4.84. The number of nitrogens with zero attached hydrogens (tertiary/aromatic N) is 1. The van der Waals surface area contributed by atoms with Crippen LogP contribution in [0.3, 0.4) is 0 Å². The molecule has 35 heavy (non-hydrogen) atoms. The third kappa shape index (κ3) is 23.5. The molecule has 0 fully saturated rings. The fraction of sp³-hybridized carbons (Fsp3) is 0.968. The Hall–Kier alpha value is -0.610. The van der Waals surface area contributed by atoms with Crippen molar-refractivity contribution in [3.63, 3.8) is 0 Å². The Kier molecular flexibility index (Phi) is 27.5. The molecule has 0 saturated heterocycles. The topological polar surface area (TPSA) is 49.8 Å². The highest BCUT2D eigenvalue weighted by atomic mass is 16.5. The molecule has 0 rings (SSSR count). The summed E-state index contributed by atoms with van der Waals surface area (Å²) in [6, 6.07) is 0. The van der Waals surface area contributed by atoms with Crippen LogP contribution in [0.1, 0.15) is 156 Å². The number of hydrogen-bond donors (Lipinski definition) is 1. The number of aliphatic hydroxyl groups excluding tert-OH is 1. The number of aliphatic hydroxyl groups is 1. The number of carbonyl (C=O) groups excluding carboxylic acids is 1. The molecule has 4 heteroatoms. The number of rotatable bonds is 28. The summed E-state index contributed by atoms with van der Waals surface area (Å²) in [7, 11) is 0. The standard InChI is InChI=1S/C31H63NO3/c1-4-7-10-13-14-18-24-30(23-17-11-8-5-2)31(34)35-29-21-16-15-20-26-32(27-22-28-33)25-19-12-9-6-3/h30,33H,4-29H2,1-3H3. The van der Waals surface area contributed by atoms with Gasteiger partial charge in [-0.15, -0.1) is 0 Å². The van der Waals surface area contributed by atoms with E-state index in [4.69, 9.17) is 4.74 Å². The Labute approximate surface area is 220 Å². The molecule has 0 spiro atoms. The Morgan fingerprint density at radius 3 is 1.60 bits per heavy atom. The highest BCUT2D eigenvalue weighted by molar-refractivity contribution is 5.72. The summed E-state index contributed by atoms with van der Waals surface area (Å²) >= 11 is 0. The maximum Gasteiger partial charge on any atom is 0.308 e. The summed E-state index contributed by atoms with van der Waals surface area (Å²) in [6.45, 7) is 10.9. The highest BCUT2D eigenvalue weighted by Gasteiger charge is 2.19. The molecular formula is C31H63NO3. The molecule has 0 heterocycles. The van der Waals surface area contributed by atoms with Gasteiger partial charge in [0.1, 0.15) is 0 Å². The monoisotopic (exact) mass is 497 g/mol. The second kappa shape index (κ2) is 28.0. The zero-order valence-electron chi connectivity index (χ0n) is 24.2. The van der Waals surface area contributed by atoms with Crippen molar-refractivity contribution in [1.29, 1.82) is 0 Å². The summed E-state index contributed by atoms with van der Waals surface area (Å²) in [5.41, 5.74) is 0. The van der Waals surface area contributed by atoms with Gasteiger partial charge in [0.15, 0.2) is 0 Å². The van der Waals surface area contributed by atoms with Gasteiger partial charge in [0, 0.05) is 13.2 Å². The Morgan fingerprint density at radius 1 is 0.600 bits per heavy atom. The van der Waals surface area contributed by atoms with Crippen LogP contribution in [-0.4, -0.2) is 48.8 Å². The minimum atomic E-state index is 0.0670. The van der Waals surface area contributed by atoms with Crippen molar-refractivity contribution >= 4 is 5.97 Å². The molecule has 0 bridgehead atoms. The number of carbonyl (C=O) groups is 1. The van der Waals surface area contributed by atoms with E-state index in [1.54, 1.807) is 0 Å². The Bertz CT molecular complexity index is 429. The van der Waals surface area contributed by atoms with Crippen molar-refractivity contribution in [2.24, 2.45) is 5.92 Å². The van der Waals surface area contributed by atoms with E-state index >= 15 is 0 Å². The lowest BCUT2D eigenvalue weighted by atomic mass is 9.94. The molecule has 0 aromatic heterocycles. The van der Waals surface area contributed by atoms with Gasteiger partial charge in [-0.2, -0.15) is 0 Å². The molecule has 0 aromatic carbocycles. The van der Waals surface area contributed by atoms with E-state index < -0.39 is 0 Å². The molecule has 1 unspecified atom stereocenters. The third-order valence-electron chi connectivity index (χ3n) is 7.22. The predicted molar refractivity (Wildman–Crippen MR) is 152 cm³/mol. The third-order valence-corrected chi connectivity index (χ3v) is 7.22. The van der Waals surface area contributed by atoms with Crippen molar-refractivity contribution in [2.45, 2.75) is 156 Å². The SMILES string of the molecule is CCCCCCCCC(CCCCCC)C(=O)OCCCCCCN(CCCO)CCCCCC. The number of hydrogen-bond acceptors (Lipinski definition) is 4. The zero-order chi connectivity index (χ0) is 25.8. The maximum absolute atomic E-state index is 12.7. The van der Waals surface area contributed by atoms with Gasteiger partial charge in [-0.05, 0) is 51.6 Å². The van der Waals surface area contributed by atoms with E-state index in [9.17, 15) is 9.90 Å². The lowest BCUT2D eigenvalue weighted by Crippen LogP contribution is -2.28. The Morgan fingerprint density at radius 2 is 1.03 bits per heavy atom. The van der Waals surface area contributed by atoms with Gasteiger partial charge in [-0.3, -0.25) is 4.79 Å². The van der Waals surface area contributed by atoms with Crippen molar-refractivity contribution < 1.29 is 14.6 Å². The smallest absolute Gasteiger partial charge is 0.308 e. The van der Waals surface area contributed by atoms with Crippen LogP contribution in [0.2, 0.25) is 0 Å². The van der Waals surface area contributed by atoms with E-state index in [-0.39, 0.29) is 18.5 Å². The van der Waals surface area contributed by atoms with Gasteiger partial charge in [0.25, 0.3) is 0 Å². The summed E-state index contributed by atoms with van der Waals surface area (Å²) in [5, 5.41) is 9.17. The van der Waals surface area contributed by atoms with E-state index in [1.165, 1.54) is 96.3 Å². The molecule has 1 atom stereocenters. The largest absolute Gasteiger partial charge is 0.465 e. The van der Waals surface area contributed by atoms with Gasteiger partial charge >= 0.3 is 5.97 Å². The lowest BCUT2D eigenvalue weighted by Gasteiger charge is -2.22. The van der Waals surface area contributed by atoms with Gasteiger partial charge < -0.3 is 14.7 Å². The summed E-state index contributed by atoms with van der Waals surface area (Å²) in [4.78, 5) is 15.3. The minimum Gasteiger partial charge on any atom is -0.465 e. The van der Waals surface area contributed by atoms with Crippen LogP contribution in [0.15, 0.2) is 0 Å². The molecular weight excluding hydrogens is 434 g/mol. The van der Waals surface area contributed by atoms with E-state index in [0.717, 1.165) is 58.2 Å². The zero-order valence-corrected chi connectivity index (χ0v) is 24.2. The molecule has 0 aliphatic carbocycles. The first-order chi connectivity index (χ1) is 17.2. The first-order valence-electron chi connectivity index (χ1n) is 15.7. The van der Waals surface area contributed by atoms with E-state index in [0.29, 0.717) is 6.61 Å². The molecule has 0 aliphatic heterocycles. The molecule has 210 valence electrons. The van der Waals surface area contributed by atoms with Gasteiger partial charge in [-0.25, -0.2) is 0 Å². The van der Waals surface area contributed by atoms with Crippen molar-refractivity contribution in [3.05, 3.63) is 0 Å². The lowest BCUT2D eigenvalue weighted by molar-refractivity contribution is -0.149. The fourth-order valence-electron chi connectivity index (χ4n) is 4.84. The summed E-state index contributed by atoms with van der Waals surface area (Å²) in [6.07, 6.45) is 25.2. The number of ether oxygens (including phenoxy) is 1. The molecule has 1 N–H and O–H groups in total. The van der Waals surface area contributed by atoms with Crippen LogP contribution >= 0.6 is 0 Å². The van der Waals surface area contributed by atoms with E-state index in [1.807, 2.05) is 0 Å². The van der Waals surface area contributed by atoms with Crippen LogP contribution < -0.4 is 0 Å². The van der Waals surface area contributed by atoms with Crippen molar-refractivity contribution in [1.82, 2.24) is 4.90 Å². The van der Waals surface area contributed by atoms with Gasteiger partial charge in [0.05, 0.1) is 12.5 Å². The second-order valence-corrected chi connectivity index (χ2v) is 10.7. The summed E-state index contributed by atoms with van der Waals surface area (Å²) in [5.74, 6) is 0.183. The Balaban J connectivity index is 4.08. The highest BCUT2D eigenvalue weighted by Crippen LogP contribution is 2.20.